The lowest BCUT2D eigenvalue weighted by atomic mass is 10.3. The number of hydrogen-bond acceptors (Lipinski definition) is 6. The third-order valence-electron chi connectivity index (χ3n) is 2.48. The van der Waals surface area contributed by atoms with E-state index in [1.165, 1.54) is 11.8 Å². The van der Waals surface area contributed by atoms with Crippen LogP contribution < -0.4 is 5.01 Å². The van der Waals surface area contributed by atoms with Crippen LogP contribution >= 0.6 is 35.1 Å². The summed E-state index contributed by atoms with van der Waals surface area (Å²) >= 11 is 9.02. The Labute approximate surface area is 124 Å². The molecule has 4 nitrogen and oxygen atoms in total. The molecule has 1 aliphatic heterocycles. The van der Waals surface area contributed by atoms with Gasteiger partial charge < -0.3 is 0 Å². The smallest absolute Gasteiger partial charge is 0.157 e. The van der Waals surface area contributed by atoms with E-state index in [4.69, 9.17) is 11.6 Å². The Morgan fingerprint density at radius 2 is 2.00 bits per heavy atom. The van der Waals surface area contributed by atoms with E-state index in [9.17, 15) is 0 Å². The van der Waals surface area contributed by atoms with E-state index >= 15 is 0 Å². The monoisotopic (exact) mass is 308 g/mol. The van der Waals surface area contributed by atoms with E-state index in [2.05, 4.69) is 15.3 Å². The van der Waals surface area contributed by atoms with Gasteiger partial charge in [-0.15, -0.1) is 22.0 Å². The zero-order chi connectivity index (χ0) is 13.2. The van der Waals surface area contributed by atoms with Crippen LogP contribution in [0.15, 0.2) is 46.5 Å². The molecule has 1 aliphatic rings. The molecule has 1 aromatic carbocycles. The second-order valence-electron chi connectivity index (χ2n) is 3.68. The zero-order valence-corrected chi connectivity index (χ0v) is 12.3. The van der Waals surface area contributed by atoms with Gasteiger partial charge in [0.05, 0.1) is 5.69 Å². The van der Waals surface area contributed by atoms with Crippen LogP contribution in [0, 0.1) is 0 Å². The number of hydrogen-bond donors (Lipinski definition) is 0. The lowest BCUT2D eigenvalue weighted by molar-refractivity contribution is 0.902. The van der Waals surface area contributed by atoms with E-state index in [-0.39, 0.29) is 0 Å². The minimum atomic E-state index is 0.364. The minimum Gasteiger partial charge on any atom is -0.229 e. The Hall–Kier alpha value is -1.24. The summed E-state index contributed by atoms with van der Waals surface area (Å²) in [6, 6.07) is 11.7. The molecule has 0 saturated heterocycles. The third-order valence-corrected chi connectivity index (χ3v) is 4.59. The molecule has 7 heteroatoms. The number of thioether (sulfide) groups is 2. The van der Waals surface area contributed by atoms with Crippen molar-refractivity contribution in [3.05, 3.63) is 41.6 Å². The van der Waals surface area contributed by atoms with Gasteiger partial charge in [-0.3, -0.25) is 0 Å². The fourth-order valence-electron chi connectivity index (χ4n) is 1.66. The number of rotatable bonds is 1. The Morgan fingerprint density at radius 3 is 2.74 bits per heavy atom. The summed E-state index contributed by atoms with van der Waals surface area (Å²) in [6.07, 6.45) is 1.99. The first-order chi connectivity index (χ1) is 9.28. The molecule has 0 N–H and O–H groups in total. The standard InChI is InChI=1S/C12H9ClN4S2/c1-18-12-16-17(8-5-3-2-4-6-8)9-7-10(13)14-15-11(9)19-12/h2-7H,1H3. The Kier molecular flexibility index (Phi) is 3.63. The number of para-hydroxylation sites is 1. The van der Waals surface area contributed by atoms with Crippen molar-refractivity contribution in [1.82, 2.24) is 10.2 Å². The van der Waals surface area contributed by atoms with E-state index in [0.29, 0.717) is 5.15 Å². The highest BCUT2D eigenvalue weighted by Gasteiger charge is 2.23. The summed E-state index contributed by atoms with van der Waals surface area (Å²) < 4.78 is 0.924. The van der Waals surface area contributed by atoms with Gasteiger partial charge in [-0.1, -0.05) is 29.8 Å². The molecule has 0 amide bonds. The fourth-order valence-corrected chi connectivity index (χ4v) is 3.15. The summed E-state index contributed by atoms with van der Waals surface area (Å²) in [6.45, 7) is 0. The molecule has 0 spiro atoms. The quantitative estimate of drug-likeness (QED) is 0.796. The van der Waals surface area contributed by atoms with Gasteiger partial charge in [-0.25, -0.2) is 5.01 Å². The number of anilines is 2. The lowest BCUT2D eigenvalue weighted by Gasteiger charge is -2.25. The van der Waals surface area contributed by atoms with Crippen LogP contribution in [0.1, 0.15) is 0 Å². The molecular formula is C12H9ClN4S2. The molecule has 96 valence electrons. The van der Waals surface area contributed by atoms with E-state index in [1.54, 1.807) is 17.8 Å². The second-order valence-corrected chi connectivity index (χ2v) is 6.10. The maximum absolute atomic E-state index is 5.94. The highest BCUT2D eigenvalue weighted by molar-refractivity contribution is 8.38. The van der Waals surface area contributed by atoms with Crippen molar-refractivity contribution < 1.29 is 0 Å². The molecule has 2 heterocycles. The summed E-state index contributed by atoms with van der Waals surface area (Å²) in [5, 5.41) is 15.7. The molecule has 0 atom stereocenters. The lowest BCUT2D eigenvalue weighted by Crippen LogP contribution is -2.16. The zero-order valence-electron chi connectivity index (χ0n) is 9.95. The highest BCUT2D eigenvalue weighted by atomic mass is 35.5. The number of fused-ring (bicyclic) bond motifs is 1. The highest BCUT2D eigenvalue weighted by Crippen LogP contribution is 2.40. The number of nitrogens with zero attached hydrogens (tertiary/aromatic N) is 4. The minimum absolute atomic E-state index is 0.364. The first kappa shape index (κ1) is 12.8. The van der Waals surface area contributed by atoms with Gasteiger partial charge in [-0.05, 0) is 30.2 Å². The molecule has 0 saturated carbocycles. The number of hydrazone groups is 1. The number of benzene rings is 1. The Balaban J connectivity index is 2.13. The van der Waals surface area contributed by atoms with Crippen molar-refractivity contribution in [2.75, 3.05) is 11.3 Å². The average Bonchev–Trinajstić information content (AvgIpc) is 2.47. The molecule has 0 unspecified atom stereocenters. The van der Waals surface area contributed by atoms with Crippen molar-refractivity contribution in [1.29, 1.82) is 0 Å². The van der Waals surface area contributed by atoms with E-state index in [0.717, 1.165) is 20.8 Å². The van der Waals surface area contributed by atoms with Crippen molar-refractivity contribution in [2.24, 2.45) is 5.10 Å². The van der Waals surface area contributed by atoms with Gasteiger partial charge >= 0.3 is 0 Å². The van der Waals surface area contributed by atoms with Crippen LogP contribution in [0.2, 0.25) is 5.15 Å². The molecule has 3 rings (SSSR count). The van der Waals surface area contributed by atoms with Crippen LogP contribution in [0.4, 0.5) is 11.4 Å². The molecule has 0 bridgehead atoms. The number of halogens is 1. The normalized spacial score (nSPS) is 14.0. The SMILES string of the molecule is CSC1=NN(c2ccccc2)c2cc(Cl)nnc2S1. The molecule has 0 aliphatic carbocycles. The summed E-state index contributed by atoms with van der Waals surface area (Å²) in [7, 11) is 0. The van der Waals surface area contributed by atoms with Gasteiger partial charge in [0.1, 0.15) is 5.69 Å². The van der Waals surface area contributed by atoms with Crippen molar-refractivity contribution in [3.8, 4) is 0 Å². The van der Waals surface area contributed by atoms with Crippen LogP contribution in [-0.4, -0.2) is 20.8 Å². The van der Waals surface area contributed by atoms with Gasteiger partial charge in [-0.2, -0.15) is 5.10 Å². The molecule has 0 radical (unpaired) electrons. The first-order valence-corrected chi connectivity index (χ1v) is 7.88. The van der Waals surface area contributed by atoms with Crippen molar-refractivity contribution in [3.63, 3.8) is 0 Å². The fraction of sp³-hybridized carbons (Fsp3) is 0.0833. The predicted molar refractivity (Wildman–Crippen MR) is 82.4 cm³/mol. The summed E-state index contributed by atoms with van der Waals surface area (Å²) in [4.78, 5) is 0. The largest absolute Gasteiger partial charge is 0.229 e. The number of aromatic nitrogens is 2. The van der Waals surface area contributed by atoms with Gasteiger partial charge in [0, 0.05) is 6.07 Å². The average molecular weight is 309 g/mol. The maximum atomic E-state index is 5.94. The Morgan fingerprint density at radius 1 is 1.21 bits per heavy atom. The van der Waals surface area contributed by atoms with Crippen molar-refractivity contribution in [2.45, 2.75) is 5.03 Å². The maximum Gasteiger partial charge on any atom is 0.157 e. The van der Waals surface area contributed by atoms with Crippen LogP contribution in [0.5, 0.6) is 0 Å². The van der Waals surface area contributed by atoms with Crippen LogP contribution in [0.3, 0.4) is 0 Å². The van der Waals surface area contributed by atoms with Gasteiger partial charge in [0.15, 0.2) is 14.6 Å². The van der Waals surface area contributed by atoms with Crippen LogP contribution in [-0.2, 0) is 0 Å². The molecular weight excluding hydrogens is 300 g/mol. The second kappa shape index (κ2) is 5.40. The molecule has 2 aromatic rings. The molecule has 1 aromatic heterocycles. The predicted octanol–water partition coefficient (Wildman–Crippen LogP) is 4.01. The summed E-state index contributed by atoms with van der Waals surface area (Å²) in [5.74, 6) is 0. The summed E-state index contributed by atoms with van der Waals surface area (Å²) in [5.41, 5.74) is 1.83. The third kappa shape index (κ3) is 2.56. The molecule has 0 fully saturated rings. The van der Waals surface area contributed by atoms with Gasteiger partial charge in [0.2, 0.25) is 0 Å². The van der Waals surface area contributed by atoms with Crippen molar-refractivity contribution >= 4 is 50.9 Å². The first-order valence-electron chi connectivity index (χ1n) is 5.47. The van der Waals surface area contributed by atoms with Gasteiger partial charge in [0.25, 0.3) is 0 Å². The van der Waals surface area contributed by atoms with E-state index in [1.807, 2.05) is 41.6 Å². The van der Waals surface area contributed by atoms with E-state index < -0.39 is 0 Å². The Bertz CT molecular complexity index is 633. The molecule has 19 heavy (non-hydrogen) atoms. The topological polar surface area (TPSA) is 41.4 Å². The van der Waals surface area contributed by atoms with Crippen LogP contribution in [0.25, 0.3) is 0 Å².